The Labute approximate surface area is 203 Å². The first-order valence-electron chi connectivity index (χ1n) is 12.1. The number of ketones is 1. The number of benzene rings is 1. The summed E-state index contributed by atoms with van der Waals surface area (Å²) in [6, 6.07) is 9.39. The summed E-state index contributed by atoms with van der Waals surface area (Å²) in [6.45, 7) is 2.17. The van der Waals surface area contributed by atoms with Crippen LogP contribution in [0.1, 0.15) is 60.2 Å². The number of fused-ring (bicyclic) bond motifs is 1. The minimum atomic E-state index is -2.48. The molecular formula is C26H31F2N3O2S. The maximum absolute atomic E-state index is 12.5. The highest BCUT2D eigenvalue weighted by Gasteiger charge is 2.25. The minimum absolute atomic E-state index is 0.289. The van der Waals surface area contributed by atoms with Crippen LogP contribution in [0.4, 0.5) is 8.78 Å². The van der Waals surface area contributed by atoms with E-state index in [0.717, 1.165) is 61.5 Å². The average Bonchev–Trinajstić information content (AvgIpc) is 3.25. The van der Waals surface area contributed by atoms with Gasteiger partial charge in [0.1, 0.15) is 5.78 Å². The first-order valence-corrected chi connectivity index (χ1v) is 12.9. The number of nitrogens with zero attached hydrogens (tertiary/aromatic N) is 3. The van der Waals surface area contributed by atoms with Gasteiger partial charge >= 0.3 is 0 Å². The van der Waals surface area contributed by atoms with Crippen LogP contribution in [0.5, 0.6) is 5.19 Å². The van der Waals surface area contributed by atoms with E-state index >= 15 is 0 Å². The third-order valence-electron chi connectivity index (χ3n) is 6.94. The molecule has 4 rings (SSSR count). The van der Waals surface area contributed by atoms with Crippen molar-refractivity contribution in [3.05, 3.63) is 46.0 Å². The normalized spacial score (nSPS) is 20.6. The van der Waals surface area contributed by atoms with Crippen LogP contribution in [0.25, 0.3) is 0 Å². The van der Waals surface area contributed by atoms with Crippen molar-refractivity contribution < 1.29 is 18.3 Å². The maximum atomic E-state index is 12.5. The molecule has 1 aromatic heterocycles. The number of alkyl halides is 2. The summed E-state index contributed by atoms with van der Waals surface area (Å²) in [4.78, 5) is 20.5. The van der Waals surface area contributed by atoms with Crippen molar-refractivity contribution in [1.29, 1.82) is 5.26 Å². The Balaban J connectivity index is 1.14. The molecule has 0 atom stereocenters. The number of aromatic nitrogens is 1. The van der Waals surface area contributed by atoms with Gasteiger partial charge in [0.15, 0.2) is 6.61 Å². The van der Waals surface area contributed by atoms with Crippen molar-refractivity contribution in [2.45, 2.75) is 64.3 Å². The highest BCUT2D eigenvalue weighted by Crippen LogP contribution is 2.34. The van der Waals surface area contributed by atoms with Crippen molar-refractivity contribution in [2.24, 2.45) is 11.8 Å². The van der Waals surface area contributed by atoms with Crippen molar-refractivity contribution in [3.63, 3.8) is 0 Å². The van der Waals surface area contributed by atoms with Gasteiger partial charge in [0.2, 0.25) is 0 Å². The van der Waals surface area contributed by atoms with Gasteiger partial charge in [-0.1, -0.05) is 36.3 Å². The highest BCUT2D eigenvalue weighted by molar-refractivity contribution is 7.13. The topological polar surface area (TPSA) is 66.2 Å². The second-order valence-electron chi connectivity index (χ2n) is 9.48. The first kappa shape index (κ1) is 24.7. The zero-order chi connectivity index (χ0) is 23.9. The van der Waals surface area contributed by atoms with E-state index in [1.165, 1.54) is 24.2 Å². The van der Waals surface area contributed by atoms with Gasteiger partial charge in [-0.25, -0.2) is 13.8 Å². The van der Waals surface area contributed by atoms with Gasteiger partial charge < -0.3 is 4.74 Å². The van der Waals surface area contributed by atoms with Crippen molar-refractivity contribution in [1.82, 2.24) is 9.88 Å². The van der Waals surface area contributed by atoms with Crippen LogP contribution in [0.15, 0.2) is 24.3 Å². The monoisotopic (exact) mass is 487 g/mol. The number of halogens is 2. The van der Waals surface area contributed by atoms with Crippen LogP contribution in [-0.2, 0) is 24.2 Å². The van der Waals surface area contributed by atoms with Crippen LogP contribution < -0.4 is 4.74 Å². The van der Waals surface area contributed by atoms with Gasteiger partial charge in [-0.3, -0.25) is 9.69 Å². The van der Waals surface area contributed by atoms with Crippen LogP contribution >= 0.6 is 11.3 Å². The lowest BCUT2D eigenvalue weighted by Gasteiger charge is -2.31. The highest BCUT2D eigenvalue weighted by atomic mass is 32.1. The molecular weight excluding hydrogens is 456 g/mol. The summed E-state index contributed by atoms with van der Waals surface area (Å²) in [5.74, 6) is 1.48. The van der Waals surface area contributed by atoms with Gasteiger partial charge in [-0.2, -0.15) is 5.26 Å². The smallest absolute Gasteiger partial charge is 0.273 e. The molecule has 5 nitrogen and oxygen atoms in total. The molecule has 0 radical (unpaired) electrons. The summed E-state index contributed by atoms with van der Waals surface area (Å²) < 4.78 is 29.8. The summed E-state index contributed by atoms with van der Waals surface area (Å²) in [5, 5.41) is 9.25. The number of Topliss-reactive ketones (excluding diaryl/α,β-unsaturated/α-hetero) is 1. The number of nitriles is 1. The molecule has 1 aromatic carbocycles. The number of carbonyl (C=O) groups excluding carboxylic acids is 1. The van der Waals surface area contributed by atoms with Crippen molar-refractivity contribution >= 4 is 17.1 Å². The Morgan fingerprint density at radius 3 is 2.65 bits per heavy atom. The molecule has 1 fully saturated rings. The molecule has 182 valence electrons. The molecule has 0 amide bonds. The van der Waals surface area contributed by atoms with Gasteiger partial charge in [-0.05, 0) is 61.8 Å². The lowest BCUT2D eigenvalue weighted by Crippen LogP contribution is -2.32. The summed E-state index contributed by atoms with van der Waals surface area (Å²) >= 11 is 1.40. The third-order valence-corrected chi connectivity index (χ3v) is 8.01. The van der Waals surface area contributed by atoms with E-state index in [4.69, 9.17) is 10.00 Å². The number of carbonyl (C=O) groups is 1. The molecule has 1 saturated carbocycles. The molecule has 0 unspecified atom stereocenters. The average molecular weight is 488 g/mol. The van der Waals surface area contributed by atoms with E-state index in [-0.39, 0.29) is 5.78 Å². The zero-order valence-electron chi connectivity index (χ0n) is 19.3. The Morgan fingerprint density at radius 1 is 1.21 bits per heavy atom. The lowest BCUT2D eigenvalue weighted by atomic mass is 9.78. The molecule has 0 spiro atoms. The van der Waals surface area contributed by atoms with Gasteiger partial charge in [-0.15, -0.1) is 0 Å². The fraction of sp³-hybridized carbons (Fsp3) is 0.577. The molecule has 2 aromatic rings. The number of thiazole rings is 1. The zero-order valence-corrected chi connectivity index (χ0v) is 20.2. The van der Waals surface area contributed by atoms with Crippen LogP contribution in [-0.4, -0.2) is 41.8 Å². The number of hydrogen-bond acceptors (Lipinski definition) is 6. The van der Waals surface area contributed by atoms with E-state index in [9.17, 15) is 13.6 Å². The Hall–Kier alpha value is -2.37. The second kappa shape index (κ2) is 11.9. The second-order valence-corrected chi connectivity index (χ2v) is 10.5. The third kappa shape index (κ3) is 7.07. The van der Waals surface area contributed by atoms with Gasteiger partial charge in [0, 0.05) is 30.8 Å². The largest absolute Gasteiger partial charge is 0.464 e. The Morgan fingerprint density at radius 2 is 1.94 bits per heavy atom. The Bertz CT molecular complexity index is 994. The maximum Gasteiger partial charge on any atom is 0.273 e. The summed E-state index contributed by atoms with van der Waals surface area (Å²) in [5.41, 5.74) is 2.58. The molecule has 8 heteroatoms. The number of hydrogen-bond donors (Lipinski definition) is 0. The molecule has 34 heavy (non-hydrogen) atoms. The quantitative estimate of drug-likeness (QED) is 0.448. The van der Waals surface area contributed by atoms with Crippen LogP contribution in [0.3, 0.4) is 0 Å². The predicted octanol–water partition coefficient (Wildman–Crippen LogP) is 5.42. The standard InChI is InChI=1S/C26H31F2N3O2S/c27-25(28)17-33-26-30-23-16-31(12-10-24(23)34-26)11-9-18-1-3-19(4-2-18)13-22(32)14-20-5-7-21(15-29)8-6-20/h5-8,18-19,25H,1-4,9-14,16-17H2. The van der Waals surface area contributed by atoms with Crippen LogP contribution in [0, 0.1) is 23.2 Å². The van der Waals surface area contributed by atoms with Gasteiger partial charge in [0.25, 0.3) is 11.6 Å². The predicted molar refractivity (Wildman–Crippen MR) is 127 cm³/mol. The summed E-state index contributed by atoms with van der Waals surface area (Å²) in [7, 11) is 0. The van der Waals surface area contributed by atoms with Crippen molar-refractivity contribution in [3.8, 4) is 11.3 Å². The van der Waals surface area contributed by atoms with E-state index < -0.39 is 13.0 Å². The molecule has 2 heterocycles. The number of ether oxygens (including phenoxy) is 1. The molecule has 0 bridgehead atoms. The van der Waals surface area contributed by atoms with Crippen molar-refractivity contribution in [2.75, 3.05) is 19.7 Å². The SMILES string of the molecule is N#Cc1ccc(CC(=O)CC2CCC(CCN3CCc4sc(OCC(F)F)nc4C3)CC2)cc1. The molecule has 0 saturated heterocycles. The summed E-state index contributed by atoms with van der Waals surface area (Å²) in [6.07, 6.45) is 5.27. The minimum Gasteiger partial charge on any atom is -0.464 e. The van der Waals surface area contributed by atoms with E-state index in [1.807, 2.05) is 12.1 Å². The first-order chi connectivity index (χ1) is 16.5. The molecule has 0 N–H and O–H groups in total. The number of rotatable bonds is 10. The van der Waals surface area contributed by atoms with Gasteiger partial charge in [0.05, 0.1) is 17.3 Å². The molecule has 2 aliphatic rings. The fourth-order valence-electron chi connectivity index (χ4n) is 5.02. The van der Waals surface area contributed by atoms with Crippen LogP contribution in [0.2, 0.25) is 0 Å². The fourth-order valence-corrected chi connectivity index (χ4v) is 5.94. The van der Waals surface area contributed by atoms with E-state index in [2.05, 4.69) is 16.0 Å². The molecule has 1 aliphatic carbocycles. The Kier molecular flexibility index (Phi) is 8.63. The lowest BCUT2D eigenvalue weighted by molar-refractivity contribution is -0.119. The van der Waals surface area contributed by atoms with E-state index in [0.29, 0.717) is 35.4 Å². The molecule has 1 aliphatic heterocycles. The van der Waals surface area contributed by atoms with E-state index in [1.54, 1.807) is 12.1 Å².